The molecule has 16 unspecified atom stereocenters. The van der Waals surface area contributed by atoms with Crippen LogP contribution in [0.3, 0.4) is 0 Å². The van der Waals surface area contributed by atoms with Crippen LogP contribution in [0.15, 0.2) is 48.3 Å². The fraction of sp³-hybridized carbons (Fsp3) is 0.711. The lowest BCUT2D eigenvalue weighted by atomic mass is 9.79. The predicted molar refractivity (Wildman–Crippen MR) is 472 cm³/mol. The van der Waals surface area contributed by atoms with Gasteiger partial charge in [-0.05, 0) is 191 Å². The van der Waals surface area contributed by atoms with Crippen molar-refractivity contribution in [2.75, 3.05) is 109 Å². The SMILES string of the molecule is [2H]c1c(OC([2H])([2H])[2H])c(OC)c([2H])c2c1C([2H])([2H])C([2H])([2H])N1C([2H])([2H])C([2H])(C([2H])([2H])C([2H])(C)C([2H])([2H])[2H])C([2H])(OC(=O)[C@@]([2H])(C)C([2H])(C([2H])([2H])[2H])C([2H])([2H])[2H])C([2H])([2H])C21[2H].[2H]c1c(OC([2H])([2H])[2H])c(OC)c([2H])c2c1C([2H])([2H])C([2H])([2H])N1C([2H])([2H])C([2H])(C([2H])([2H])C([2H])(C)C([2H])([2H])[2H])C([2H])(OC(=O)[C@@]([2H])(N)C([2H])(C([2H])([2H])[2H])C([2H])([2H])[2H])C([2H])([2H])C21[2H].[2H]c1c(OC([2H])([2H])[2H])c(OC)c([2H])c2c1C([2H])([2H])C([2H])([2H])N1C([2H])([2H])C([2H])(C([2H])([2H])C([2H])(C)C([2H])([2H])[2H])C([2H])(OC(=O)[C@@]([2H])(N)C([2H])(C([2H])([2H])[2H])C([2H])([2H])[2H])C([2H])([2H])C21[2H].[2H]c1c(OC)c(OC)c([2H])c2c1C([2H])([2H])C([2H])([2H])N1C([2H])([2H])C([2H])(C([2H])([2H])C([2H])(C)C([2H])([2H])[2H])C([2H])(OC(=O)[C@@]([2H])(N)C([2H])(C([2H])([2H])[2H])C([2H])([2H])[2H])C([2H])([2H])C21[2H]. The van der Waals surface area contributed by atoms with Gasteiger partial charge < -0.3 is 74.0 Å². The summed E-state index contributed by atoms with van der Waals surface area (Å²) in [6, 6.07) is -44.5. The van der Waals surface area contributed by atoms with Gasteiger partial charge in [0.1, 0.15) is 42.4 Å². The smallest absolute Gasteiger partial charge is 0.323 e. The Balaban J connectivity index is 0.000000338. The summed E-state index contributed by atoms with van der Waals surface area (Å²) in [6.45, 7) is -87.8. The van der Waals surface area contributed by atoms with Gasteiger partial charge in [-0.3, -0.25) is 38.8 Å². The first-order valence-electron chi connectivity index (χ1n) is 91.3. The molecule has 6 N–H and O–H groups in total. The summed E-state index contributed by atoms with van der Waals surface area (Å²) in [5, 5.41) is 0. The molecular formula is C97H153N7O16. The zero-order chi connectivity index (χ0) is 190. The average Bonchev–Trinajstić information content (AvgIpc) is 0.629. The molecule has 12 rings (SSSR count). The number of carbonyl (C=O) groups is 4. The van der Waals surface area contributed by atoms with Crippen LogP contribution in [0.5, 0.6) is 46.0 Å². The van der Waals surface area contributed by atoms with Crippen LogP contribution in [-0.4, -0.2) is 194 Å². The molecule has 0 aliphatic carbocycles. The Bertz CT molecular complexity index is 9010. The fourth-order valence-electron chi connectivity index (χ4n) is 9.56. The Morgan fingerprint density at radius 2 is 0.600 bits per heavy atom. The van der Waals surface area contributed by atoms with Crippen molar-refractivity contribution in [3.8, 4) is 46.0 Å². The van der Waals surface area contributed by atoms with Crippen LogP contribution in [0.1, 0.15) is 397 Å². The maximum atomic E-state index is 14.2. The third kappa shape index (κ3) is 23.9. The van der Waals surface area contributed by atoms with Crippen LogP contribution >= 0.6 is 0 Å². The Kier molecular flexibility index (Phi) is 9.15. The highest BCUT2D eigenvalue weighted by molar-refractivity contribution is 5.77. The summed E-state index contributed by atoms with van der Waals surface area (Å²) in [6.07, 6.45) is -76.5. The minimum absolute atomic E-state index is 0.0756. The molecule has 8 aliphatic heterocycles. The van der Waals surface area contributed by atoms with Gasteiger partial charge in [0.25, 0.3) is 0 Å². The molecule has 4 aromatic carbocycles. The van der Waals surface area contributed by atoms with E-state index in [0.29, 0.717) is 21.3 Å². The van der Waals surface area contributed by atoms with Crippen molar-refractivity contribution in [2.45, 2.75) is 260 Å². The van der Waals surface area contributed by atoms with Crippen molar-refractivity contribution in [3.63, 3.8) is 0 Å². The second-order valence-corrected chi connectivity index (χ2v) is 23.3. The second kappa shape index (κ2) is 44.0. The number of benzene rings is 4. The van der Waals surface area contributed by atoms with E-state index in [9.17, 15) is 57.6 Å². The number of hydrogen-bond donors (Lipinski definition) is 3. The van der Waals surface area contributed by atoms with Crippen molar-refractivity contribution in [2.24, 2.45) is 93.8 Å². The quantitative estimate of drug-likeness (QED) is 0.0352. The number of carbonyl (C=O) groups excluding carboxylic acids is 4. The van der Waals surface area contributed by atoms with Crippen LogP contribution in [0.2, 0.25) is 0 Å². The summed E-state index contributed by atoms with van der Waals surface area (Å²) < 4.78 is 1060. The van der Waals surface area contributed by atoms with E-state index >= 15 is 0 Å². The van der Waals surface area contributed by atoms with Crippen LogP contribution in [-0.2, 0) is 63.6 Å². The van der Waals surface area contributed by atoms with Gasteiger partial charge in [-0.15, -0.1) is 0 Å². The Hall–Kier alpha value is -7.12. The highest BCUT2D eigenvalue weighted by Gasteiger charge is 2.47. The van der Waals surface area contributed by atoms with Crippen molar-refractivity contribution in [3.05, 3.63) is 92.8 Å². The minimum atomic E-state index is -5.28. The molecule has 8 aliphatic rings. The highest BCUT2D eigenvalue weighted by atomic mass is 16.6. The molecule has 23 heteroatoms. The largest absolute Gasteiger partial charge is 0.493 e. The monoisotopic (exact) mass is 1790 g/mol. The van der Waals surface area contributed by atoms with E-state index < -0.39 is 557 Å². The third-order valence-corrected chi connectivity index (χ3v) is 15.0. The minimum Gasteiger partial charge on any atom is -0.493 e. The topological polar surface area (TPSA) is 270 Å². The van der Waals surface area contributed by atoms with Crippen LogP contribution in [0, 0.1) is 76.6 Å². The molecule has 672 valence electrons. The molecule has 4 aromatic rings. The average molecular weight is 1790 g/mol. The van der Waals surface area contributed by atoms with Crippen LogP contribution < -0.4 is 55.1 Å². The van der Waals surface area contributed by atoms with Gasteiger partial charge >= 0.3 is 23.9 Å². The Morgan fingerprint density at radius 3 is 0.817 bits per heavy atom. The first kappa shape index (κ1) is 25.0. The van der Waals surface area contributed by atoms with Crippen LogP contribution in [0.25, 0.3) is 0 Å². The Morgan fingerprint density at radius 1 is 0.375 bits per heavy atom. The molecule has 23 nitrogen and oxygen atoms in total. The second-order valence-electron chi connectivity index (χ2n) is 23.3. The zero-order valence-corrected chi connectivity index (χ0v) is 63.6. The molecule has 4 fully saturated rings. The molecular weight excluding hydrogens is 1520 g/mol. The lowest BCUT2D eigenvalue weighted by Crippen LogP contribution is -2.51. The van der Waals surface area contributed by atoms with Crippen molar-refractivity contribution < 1.29 is 236 Å². The molecule has 0 bridgehead atoms. The maximum absolute atomic E-state index is 14.2. The fourth-order valence-corrected chi connectivity index (χ4v) is 9.56. The zero-order valence-electron chi connectivity index (χ0n) is 181. The predicted octanol–water partition coefficient (Wildman–Crippen LogP) is 15.6. The molecule has 120 heavy (non-hydrogen) atoms. The maximum Gasteiger partial charge on any atom is 0.323 e. The number of esters is 4. The Labute approximate surface area is 884 Å². The van der Waals surface area contributed by atoms with Gasteiger partial charge in [0, 0.05) is 247 Å². The normalized spacial score (nSPS) is 58.7. The number of ether oxygens (including phenoxy) is 12. The van der Waals surface area contributed by atoms with Gasteiger partial charge in [0.2, 0.25) is 0 Å². The number of piperidine rings is 4. The number of fused-ring (bicyclic) bond motifs is 12. The van der Waals surface area contributed by atoms with E-state index in [0.717, 1.165) is 14.2 Å². The third-order valence-electron chi connectivity index (χ3n) is 15.0. The van der Waals surface area contributed by atoms with Gasteiger partial charge in [0.05, 0.1) is 101 Å². The van der Waals surface area contributed by atoms with E-state index in [4.69, 9.17) is 196 Å². The van der Waals surface area contributed by atoms with Crippen molar-refractivity contribution >= 4 is 23.9 Å². The molecule has 20 atom stereocenters. The van der Waals surface area contributed by atoms with Crippen LogP contribution in [0.4, 0.5) is 0 Å². The number of hydrogen-bond acceptors (Lipinski definition) is 23. The summed E-state index contributed by atoms with van der Waals surface area (Å²) in [5.74, 6) is -80.8. The molecule has 0 aromatic heterocycles. The van der Waals surface area contributed by atoms with E-state index in [1.807, 2.05) is 0 Å². The highest BCUT2D eigenvalue weighted by Crippen LogP contribution is 2.50. The summed E-state index contributed by atoms with van der Waals surface area (Å²) in [5.41, 5.74) is 3.19. The van der Waals surface area contributed by atoms with E-state index in [1.54, 1.807) is 0 Å². The number of methoxy groups -OCH3 is 8. The summed E-state index contributed by atoms with van der Waals surface area (Å²) in [4.78, 5) is 52.8. The standard InChI is InChI=1S/C25H39NO4.3C24H38N2O4/c1-15(2)10-19-14-26-9-8-18-11-23(28-6)24(29-7)12-20(18)21(26)13-22(19)30-25(27)17(5)16(3)4;3*1-14(2)9-17-13-26-8-7-16-10-21(28-5)22(29-6)11-18(16)19(26)12-20(17)30-24(27)23(25)15(3)4/h11-12,15-17,19,21-22H,8-10,13-14H2,1-7H3;3*10-11,14-15,17,19-20,23H,7-9,12-13,25H2,1-6H3/t17-,19?,21?,22?;3*17?,19?,20?,23-/m0000/s1/i1D3,3D3,4D3,6D3,8D2,9D2,10D2,11D,12D,13D2,14D2,15D,16D,17D,19D,21D,22D;2*1D3,3D3,4D3,5D3,7D2,8D2,9D2,10D,11D,12D2,13D2,14D,15D,17D,19D,20D,23D;1D3,3D3,4D3,7D2,8D2,9D2,10D,11D,12D2,13D2,14D,15D,17D,19D,20D,23D/t15?,17-,19?,21?,22?;3*14?,17?,19?,20?,23-. The molecule has 0 spiro atoms. The molecule has 0 radical (unpaired) electrons. The molecule has 8 heterocycles. The van der Waals surface area contributed by atoms with Gasteiger partial charge in [-0.1, -0.05) is 117 Å². The van der Waals surface area contributed by atoms with Gasteiger partial charge in [-0.2, -0.15) is 0 Å². The van der Waals surface area contributed by atoms with Crippen molar-refractivity contribution in [1.29, 1.82) is 0 Å². The van der Waals surface area contributed by atoms with Crippen molar-refractivity contribution in [1.82, 2.24) is 19.6 Å². The number of nitrogens with two attached hydrogens (primary N) is 3. The molecule has 4 saturated heterocycles. The van der Waals surface area contributed by atoms with E-state index in [2.05, 4.69) is 0 Å². The molecule has 0 saturated carbocycles. The number of rotatable bonds is 28. The lowest BCUT2D eigenvalue weighted by Gasteiger charge is -2.47. The first-order chi connectivity index (χ1) is 102. The number of nitrogens with zero attached hydrogens (tertiary/aromatic N) is 4. The summed E-state index contributed by atoms with van der Waals surface area (Å²) in [7, 11) is -7.01. The van der Waals surface area contributed by atoms with Gasteiger partial charge in [0.15, 0.2) is 46.0 Å². The molecule has 0 amide bonds. The van der Waals surface area contributed by atoms with E-state index in [1.165, 1.54) is 0 Å². The van der Waals surface area contributed by atoms with E-state index in [-0.39, 0.29) is 34.6 Å². The lowest BCUT2D eigenvalue weighted by molar-refractivity contribution is -0.164. The first-order valence-corrected chi connectivity index (χ1v) is 32.8. The van der Waals surface area contributed by atoms with Gasteiger partial charge in [-0.25, -0.2) is 0 Å². The summed E-state index contributed by atoms with van der Waals surface area (Å²) >= 11 is 0.